The molecule has 4 rings (SSSR count). The van der Waals surface area contributed by atoms with E-state index in [9.17, 15) is 18.7 Å². The second-order valence-corrected chi connectivity index (χ2v) is 6.91. The van der Waals surface area contributed by atoms with Crippen LogP contribution in [0.15, 0.2) is 54.4 Å². The summed E-state index contributed by atoms with van der Waals surface area (Å²) in [5.74, 6) is -1.94. The van der Waals surface area contributed by atoms with Crippen molar-refractivity contribution in [2.75, 3.05) is 18.1 Å². The number of rotatable bonds is 4. The molecule has 2 atom stereocenters. The number of carbonyl (C=O) groups excluding carboxylic acids is 1. The van der Waals surface area contributed by atoms with Gasteiger partial charge in [-0.05, 0) is 24.6 Å². The van der Waals surface area contributed by atoms with Crippen LogP contribution in [0, 0.1) is 11.6 Å². The van der Waals surface area contributed by atoms with Crippen LogP contribution in [0.4, 0.5) is 14.5 Å². The lowest BCUT2D eigenvalue weighted by Gasteiger charge is -2.31. The van der Waals surface area contributed by atoms with Crippen molar-refractivity contribution in [2.24, 2.45) is 0 Å². The maximum atomic E-state index is 14.2. The maximum Gasteiger partial charge on any atom is 0.288 e. The molecule has 29 heavy (non-hydrogen) atoms. The zero-order valence-electron chi connectivity index (χ0n) is 15.5. The molecule has 0 spiro atoms. The summed E-state index contributed by atoms with van der Waals surface area (Å²) in [5, 5.41) is 12.7. The third kappa shape index (κ3) is 4.08. The Bertz CT molecular complexity index is 950. The standard InChI is InChI=1S/C21H20F2N2O4/c22-14-5-3-4-13(20(14)23)10-25-11-19(29-18-7-2-1-6-16(18)25)21(27)24-15-8-9-28-12-17(15)26/h1-7,11,15,17,26H,8-10,12H2,(H,24,27). The number of para-hydroxylation sites is 2. The molecule has 8 heteroatoms. The molecule has 6 nitrogen and oxygen atoms in total. The number of hydrogen-bond donors (Lipinski definition) is 2. The first-order valence-electron chi connectivity index (χ1n) is 9.28. The topological polar surface area (TPSA) is 71.0 Å². The highest BCUT2D eigenvalue weighted by molar-refractivity contribution is 5.93. The van der Waals surface area contributed by atoms with Gasteiger partial charge in [0.15, 0.2) is 17.4 Å². The molecule has 1 amide bonds. The third-order valence-electron chi connectivity index (χ3n) is 4.91. The first-order valence-corrected chi connectivity index (χ1v) is 9.28. The molecule has 2 unspecified atom stereocenters. The number of benzene rings is 2. The van der Waals surface area contributed by atoms with Gasteiger partial charge in [-0.2, -0.15) is 0 Å². The van der Waals surface area contributed by atoms with E-state index in [-0.39, 0.29) is 24.5 Å². The highest BCUT2D eigenvalue weighted by Crippen LogP contribution is 2.35. The largest absolute Gasteiger partial charge is 0.448 e. The summed E-state index contributed by atoms with van der Waals surface area (Å²) in [7, 11) is 0. The lowest BCUT2D eigenvalue weighted by molar-refractivity contribution is -0.122. The molecule has 2 aliphatic rings. The van der Waals surface area contributed by atoms with E-state index in [1.807, 2.05) is 0 Å². The molecular formula is C21H20F2N2O4. The molecule has 2 aliphatic heterocycles. The molecule has 2 aromatic rings. The molecule has 2 heterocycles. The minimum Gasteiger partial charge on any atom is -0.448 e. The Morgan fingerprint density at radius 2 is 2.03 bits per heavy atom. The van der Waals surface area contributed by atoms with Crippen LogP contribution >= 0.6 is 0 Å². The van der Waals surface area contributed by atoms with Crippen molar-refractivity contribution in [1.82, 2.24) is 5.32 Å². The van der Waals surface area contributed by atoms with Crippen molar-refractivity contribution in [1.29, 1.82) is 0 Å². The molecule has 1 saturated heterocycles. The summed E-state index contributed by atoms with van der Waals surface area (Å²) in [5.41, 5.74) is 0.774. The van der Waals surface area contributed by atoms with E-state index in [1.165, 1.54) is 18.3 Å². The summed E-state index contributed by atoms with van der Waals surface area (Å²) < 4.78 is 38.7. The van der Waals surface area contributed by atoms with Crippen molar-refractivity contribution >= 4 is 11.6 Å². The van der Waals surface area contributed by atoms with Crippen molar-refractivity contribution in [3.8, 4) is 5.75 Å². The van der Waals surface area contributed by atoms with Gasteiger partial charge < -0.3 is 24.8 Å². The van der Waals surface area contributed by atoms with Crippen LogP contribution in [-0.4, -0.2) is 36.4 Å². The molecular weight excluding hydrogens is 382 g/mol. The summed E-state index contributed by atoms with van der Waals surface area (Å²) >= 11 is 0. The van der Waals surface area contributed by atoms with Crippen LogP contribution in [0.2, 0.25) is 0 Å². The molecule has 2 N–H and O–H groups in total. The summed E-state index contributed by atoms with van der Waals surface area (Å²) in [6.45, 7) is 0.606. The fourth-order valence-corrected chi connectivity index (χ4v) is 3.36. The molecule has 152 valence electrons. The van der Waals surface area contributed by atoms with Gasteiger partial charge in [-0.15, -0.1) is 0 Å². The number of aliphatic hydroxyl groups excluding tert-OH is 1. The fraction of sp³-hybridized carbons (Fsp3) is 0.286. The normalized spacial score (nSPS) is 21.1. The number of carbonyl (C=O) groups is 1. The molecule has 0 aromatic heterocycles. The Hall–Kier alpha value is -2.97. The number of halogens is 2. The molecule has 0 radical (unpaired) electrons. The zero-order chi connectivity index (χ0) is 20.4. The van der Waals surface area contributed by atoms with Gasteiger partial charge in [0.1, 0.15) is 0 Å². The van der Waals surface area contributed by atoms with E-state index in [0.29, 0.717) is 24.5 Å². The second kappa shape index (κ2) is 8.18. The van der Waals surface area contributed by atoms with Gasteiger partial charge in [0.05, 0.1) is 37.2 Å². The van der Waals surface area contributed by atoms with Crippen molar-refractivity contribution < 1.29 is 28.2 Å². The van der Waals surface area contributed by atoms with Crippen LogP contribution in [0.5, 0.6) is 5.75 Å². The lowest BCUT2D eigenvalue weighted by Crippen LogP contribution is -2.49. The average molecular weight is 402 g/mol. The summed E-state index contributed by atoms with van der Waals surface area (Å²) in [6.07, 6.45) is 1.13. The highest BCUT2D eigenvalue weighted by atomic mass is 19.2. The minimum atomic E-state index is -0.931. The summed E-state index contributed by atoms with van der Waals surface area (Å²) in [4.78, 5) is 14.4. The molecule has 1 fully saturated rings. The fourth-order valence-electron chi connectivity index (χ4n) is 3.36. The molecule has 0 aliphatic carbocycles. The van der Waals surface area contributed by atoms with E-state index in [0.717, 1.165) is 6.07 Å². The van der Waals surface area contributed by atoms with Crippen molar-refractivity contribution in [3.05, 3.63) is 71.6 Å². The first-order chi connectivity index (χ1) is 14.0. The number of anilines is 1. The number of nitrogens with one attached hydrogen (secondary N) is 1. The van der Waals surface area contributed by atoms with E-state index >= 15 is 0 Å². The SMILES string of the molecule is O=C(NC1CCOCC1O)C1=CN(Cc2cccc(F)c2F)c2ccccc2O1. The molecule has 0 bridgehead atoms. The number of nitrogens with zero attached hydrogens (tertiary/aromatic N) is 1. The molecule has 2 aromatic carbocycles. The third-order valence-corrected chi connectivity index (χ3v) is 4.91. The Balaban J connectivity index is 1.59. The van der Waals surface area contributed by atoms with Gasteiger partial charge in [-0.25, -0.2) is 8.78 Å². The second-order valence-electron chi connectivity index (χ2n) is 6.91. The van der Waals surface area contributed by atoms with Gasteiger partial charge in [0.2, 0.25) is 5.76 Å². The quantitative estimate of drug-likeness (QED) is 0.822. The van der Waals surface area contributed by atoms with Crippen LogP contribution in [-0.2, 0) is 16.1 Å². The predicted molar refractivity (Wildman–Crippen MR) is 101 cm³/mol. The number of aliphatic hydroxyl groups is 1. The summed E-state index contributed by atoms with van der Waals surface area (Å²) in [6, 6.07) is 10.5. The maximum absolute atomic E-state index is 14.2. The number of fused-ring (bicyclic) bond motifs is 1. The number of ether oxygens (including phenoxy) is 2. The Kier molecular flexibility index (Phi) is 5.46. The van der Waals surface area contributed by atoms with E-state index in [4.69, 9.17) is 9.47 Å². The Morgan fingerprint density at radius 1 is 1.21 bits per heavy atom. The van der Waals surface area contributed by atoms with Gasteiger partial charge >= 0.3 is 0 Å². The molecule has 0 saturated carbocycles. The van der Waals surface area contributed by atoms with Crippen LogP contribution in [0.25, 0.3) is 0 Å². The van der Waals surface area contributed by atoms with Gasteiger partial charge in [-0.3, -0.25) is 4.79 Å². The van der Waals surface area contributed by atoms with Gasteiger partial charge in [0, 0.05) is 12.2 Å². The van der Waals surface area contributed by atoms with Crippen molar-refractivity contribution in [2.45, 2.75) is 25.1 Å². The highest BCUT2D eigenvalue weighted by Gasteiger charge is 2.29. The van der Waals surface area contributed by atoms with Gasteiger partial charge in [-0.1, -0.05) is 24.3 Å². The minimum absolute atomic E-state index is 0.000738. The number of amides is 1. The predicted octanol–water partition coefficient (Wildman–Crippen LogP) is 2.47. The van der Waals surface area contributed by atoms with Gasteiger partial charge in [0.25, 0.3) is 5.91 Å². The average Bonchev–Trinajstić information content (AvgIpc) is 2.73. The monoisotopic (exact) mass is 402 g/mol. The smallest absolute Gasteiger partial charge is 0.288 e. The van der Waals surface area contributed by atoms with E-state index in [1.54, 1.807) is 29.2 Å². The Labute approximate surface area is 166 Å². The Morgan fingerprint density at radius 3 is 2.86 bits per heavy atom. The van der Waals surface area contributed by atoms with Crippen molar-refractivity contribution in [3.63, 3.8) is 0 Å². The van der Waals surface area contributed by atoms with Crippen LogP contribution in [0.1, 0.15) is 12.0 Å². The van der Waals surface area contributed by atoms with Crippen LogP contribution in [0.3, 0.4) is 0 Å². The van der Waals surface area contributed by atoms with Crippen LogP contribution < -0.4 is 15.0 Å². The van der Waals surface area contributed by atoms with E-state index < -0.39 is 29.7 Å². The lowest BCUT2D eigenvalue weighted by atomic mass is 10.1. The van der Waals surface area contributed by atoms with E-state index in [2.05, 4.69) is 5.32 Å². The number of hydrogen-bond acceptors (Lipinski definition) is 5. The first kappa shape index (κ1) is 19.4. The zero-order valence-corrected chi connectivity index (χ0v) is 15.5.